The number of benzene rings is 3. The molecule has 0 aliphatic heterocycles. The summed E-state index contributed by atoms with van der Waals surface area (Å²) >= 11 is 0. The third kappa shape index (κ3) is 4.43. The fourth-order valence-electron chi connectivity index (χ4n) is 2.46. The minimum Gasteiger partial charge on any atom is -0.457 e. The van der Waals surface area contributed by atoms with Gasteiger partial charge >= 0.3 is 5.97 Å². The van der Waals surface area contributed by atoms with Crippen LogP contribution in [0.15, 0.2) is 78.9 Å². The van der Waals surface area contributed by atoms with Crippen molar-refractivity contribution in [2.75, 3.05) is 0 Å². The number of rotatable bonds is 6. The Morgan fingerprint density at radius 3 is 1.93 bits per heavy atom. The molecule has 6 heteroatoms. The fourth-order valence-corrected chi connectivity index (χ4v) is 2.46. The van der Waals surface area contributed by atoms with Gasteiger partial charge in [-0.2, -0.15) is 0 Å². The fraction of sp³-hybridized carbons (Fsp3) is 0.0476. The van der Waals surface area contributed by atoms with Crippen LogP contribution in [0.5, 0.6) is 0 Å². The first-order chi connectivity index (χ1) is 13.0. The molecule has 0 fully saturated rings. The second kappa shape index (κ2) is 8.05. The number of ketones is 1. The third-order valence-electron chi connectivity index (χ3n) is 3.94. The lowest BCUT2D eigenvalue weighted by Gasteiger charge is -2.06. The number of carbonyl (C=O) groups excluding carboxylic acids is 2. The Balaban J connectivity index is 1.60. The second-order valence-electron chi connectivity index (χ2n) is 5.77. The molecule has 0 aliphatic carbocycles. The molecule has 0 bridgehead atoms. The molecule has 0 N–H and O–H groups in total. The number of nitrogens with zero attached hydrogens (tertiary/aromatic N) is 1. The highest BCUT2D eigenvalue weighted by atomic mass is 16.6. The largest absolute Gasteiger partial charge is 0.457 e. The maximum absolute atomic E-state index is 12.4. The first kappa shape index (κ1) is 18.0. The molecule has 0 unspecified atom stereocenters. The number of esters is 1. The number of carbonyl (C=O) groups is 2. The van der Waals surface area contributed by atoms with Crippen LogP contribution in [0.25, 0.3) is 0 Å². The molecule has 0 aromatic heterocycles. The van der Waals surface area contributed by atoms with Gasteiger partial charge in [-0.3, -0.25) is 14.9 Å². The summed E-state index contributed by atoms with van der Waals surface area (Å²) in [5.41, 5.74) is 2.03. The van der Waals surface area contributed by atoms with Crippen molar-refractivity contribution in [3.05, 3.63) is 111 Å². The van der Waals surface area contributed by atoms with Crippen molar-refractivity contribution in [1.29, 1.82) is 0 Å². The number of non-ortho nitro benzene ring substituents is 1. The van der Waals surface area contributed by atoms with E-state index in [-0.39, 0.29) is 23.6 Å². The van der Waals surface area contributed by atoms with Gasteiger partial charge < -0.3 is 4.74 Å². The predicted octanol–water partition coefficient (Wildman–Crippen LogP) is 4.18. The molecule has 0 heterocycles. The van der Waals surface area contributed by atoms with Crippen molar-refractivity contribution < 1.29 is 19.2 Å². The summed E-state index contributed by atoms with van der Waals surface area (Å²) in [6, 6.07) is 21.0. The molecule has 0 aliphatic rings. The van der Waals surface area contributed by atoms with Gasteiger partial charge in [0, 0.05) is 23.3 Å². The molecular weight excluding hydrogens is 346 g/mol. The van der Waals surface area contributed by atoms with Crippen molar-refractivity contribution in [2.24, 2.45) is 0 Å². The summed E-state index contributed by atoms with van der Waals surface area (Å²) in [6.07, 6.45) is 0. The van der Waals surface area contributed by atoms with Crippen LogP contribution in [-0.2, 0) is 11.3 Å². The molecule has 0 saturated heterocycles. The van der Waals surface area contributed by atoms with E-state index >= 15 is 0 Å². The monoisotopic (exact) mass is 361 g/mol. The minimum atomic E-state index is -0.575. The van der Waals surface area contributed by atoms with Crippen LogP contribution in [0.2, 0.25) is 0 Å². The summed E-state index contributed by atoms with van der Waals surface area (Å²) in [4.78, 5) is 34.5. The normalized spacial score (nSPS) is 10.2. The molecule has 0 atom stereocenters. The average Bonchev–Trinajstić information content (AvgIpc) is 2.72. The Morgan fingerprint density at radius 2 is 1.33 bits per heavy atom. The zero-order chi connectivity index (χ0) is 19.2. The van der Waals surface area contributed by atoms with E-state index in [9.17, 15) is 19.7 Å². The summed E-state index contributed by atoms with van der Waals surface area (Å²) < 4.78 is 5.21. The lowest BCUT2D eigenvalue weighted by Crippen LogP contribution is -2.06. The molecule has 3 aromatic rings. The number of hydrogen-bond donors (Lipinski definition) is 0. The highest BCUT2D eigenvalue weighted by Crippen LogP contribution is 2.15. The van der Waals surface area contributed by atoms with E-state index in [1.807, 2.05) is 6.07 Å². The SMILES string of the molecule is O=C(OCc1ccc(C(=O)c2ccccc2)cc1)c1ccc([N+](=O)[O-])cc1. The van der Waals surface area contributed by atoms with E-state index in [0.29, 0.717) is 11.1 Å². The first-order valence-corrected chi connectivity index (χ1v) is 8.15. The first-order valence-electron chi connectivity index (χ1n) is 8.15. The molecule has 27 heavy (non-hydrogen) atoms. The van der Waals surface area contributed by atoms with Crippen molar-refractivity contribution >= 4 is 17.4 Å². The van der Waals surface area contributed by atoms with Crippen LogP contribution in [-0.4, -0.2) is 16.7 Å². The number of hydrogen-bond acceptors (Lipinski definition) is 5. The quantitative estimate of drug-likeness (QED) is 0.284. The number of nitro groups is 1. The third-order valence-corrected chi connectivity index (χ3v) is 3.94. The van der Waals surface area contributed by atoms with Crippen LogP contribution in [0, 0.1) is 10.1 Å². The molecule has 0 amide bonds. The number of ether oxygens (including phenoxy) is 1. The van der Waals surface area contributed by atoms with E-state index in [4.69, 9.17) is 4.74 Å². The van der Waals surface area contributed by atoms with E-state index in [1.54, 1.807) is 48.5 Å². The van der Waals surface area contributed by atoms with Gasteiger partial charge in [-0.15, -0.1) is 0 Å². The topological polar surface area (TPSA) is 86.5 Å². The average molecular weight is 361 g/mol. The molecule has 0 saturated carbocycles. The van der Waals surface area contributed by atoms with E-state index in [0.717, 1.165) is 5.56 Å². The van der Waals surface area contributed by atoms with Crippen LogP contribution >= 0.6 is 0 Å². The molecule has 3 rings (SSSR count). The van der Waals surface area contributed by atoms with Gasteiger partial charge in [-0.05, 0) is 17.7 Å². The lowest BCUT2D eigenvalue weighted by molar-refractivity contribution is -0.384. The van der Waals surface area contributed by atoms with Gasteiger partial charge in [0.05, 0.1) is 10.5 Å². The highest BCUT2D eigenvalue weighted by molar-refractivity contribution is 6.08. The van der Waals surface area contributed by atoms with E-state index in [1.165, 1.54) is 24.3 Å². The summed E-state index contributed by atoms with van der Waals surface area (Å²) in [6.45, 7) is 0.0373. The molecular formula is C21H15NO5. The Bertz CT molecular complexity index is 964. The molecule has 0 radical (unpaired) electrons. The van der Waals surface area contributed by atoms with Crippen molar-refractivity contribution in [3.8, 4) is 0 Å². The summed E-state index contributed by atoms with van der Waals surface area (Å²) in [5.74, 6) is -0.653. The lowest BCUT2D eigenvalue weighted by atomic mass is 10.0. The molecule has 3 aromatic carbocycles. The van der Waals surface area contributed by atoms with Crippen LogP contribution in [0.1, 0.15) is 31.8 Å². The molecule has 134 valence electrons. The van der Waals surface area contributed by atoms with Crippen molar-refractivity contribution in [2.45, 2.75) is 6.61 Å². The van der Waals surface area contributed by atoms with Gasteiger partial charge in [-0.25, -0.2) is 4.79 Å². The van der Waals surface area contributed by atoms with Gasteiger partial charge in [0.1, 0.15) is 6.61 Å². The van der Waals surface area contributed by atoms with E-state index < -0.39 is 10.9 Å². The highest BCUT2D eigenvalue weighted by Gasteiger charge is 2.12. The predicted molar refractivity (Wildman–Crippen MR) is 98.5 cm³/mol. The Kier molecular flexibility index (Phi) is 5.37. The maximum atomic E-state index is 12.4. The van der Waals surface area contributed by atoms with Crippen LogP contribution in [0.4, 0.5) is 5.69 Å². The van der Waals surface area contributed by atoms with Gasteiger partial charge in [-0.1, -0.05) is 54.6 Å². The van der Waals surface area contributed by atoms with Crippen molar-refractivity contribution in [1.82, 2.24) is 0 Å². The summed E-state index contributed by atoms with van der Waals surface area (Å²) in [7, 11) is 0. The van der Waals surface area contributed by atoms with Crippen molar-refractivity contribution in [3.63, 3.8) is 0 Å². The summed E-state index contributed by atoms with van der Waals surface area (Å²) in [5, 5.41) is 10.6. The van der Waals surface area contributed by atoms with Crippen LogP contribution < -0.4 is 0 Å². The Hall–Kier alpha value is -3.80. The van der Waals surface area contributed by atoms with Gasteiger partial charge in [0.25, 0.3) is 5.69 Å². The zero-order valence-electron chi connectivity index (χ0n) is 14.2. The smallest absolute Gasteiger partial charge is 0.338 e. The Labute approximate surface area is 155 Å². The number of nitro benzene ring substituents is 1. The molecule has 6 nitrogen and oxygen atoms in total. The maximum Gasteiger partial charge on any atom is 0.338 e. The van der Waals surface area contributed by atoms with E-state index in [2.05, 4.69) is 0 Å². The van der Waals surface area contributed by atoms with Crippen LogP contribution in [0.3, 0.4) is 0 Å². The Morgan fingerprint density at radius 1 is 0.778 bits per heavy atom. The van der Waals surface area contributed by atoms with Gasteiger partial charge in [0.2, 0.25) is 0 Å². The minimum absolute atomic E-state index is 0.0373. The standard InChI is InChI=1S/C21H15NO5/c23-20(16-4-2-1-3-5-16)17-8-6-15(7-9-17)14-27-21(24)18-10-12-19(13-11-18)22(25)26/h1-13H,14H2. The van der Waals surface area contributed by atoms with Gasteiger partial charge in [0.15, 0.2) is 5.78 Å². The molecule has 0 spiro atoms. The second-order valence-corrected chi connectivity index (χ2v) is 5.77. The zero-order valence-corrected chi connectivity index (χ0v) is 14.2.